The Bertz CT molecular complexity index is 419. The number of ether oxygens (including phenoxy) is 1. The van der Waals surface area contributed by atoms with Crippen LogP contribution >= 0.6 is 0 Å². The van der Waals surface area contributed by atoms with E-state index in [-0.39, 0.29) is 0 Å². The van der Waals surface area contributed by atoms with Crippen molar-refractivity contribution in [1.29, 1.82) is 0 Å². The Morgan fingerprint density at radius 1 is 1.42 bits per heavy atom. The number of nitrogens with two attached hydrogens (primary N) is 1. The Morgan fingerprint density at radius 3 is 2.79 bits per heavy atom. The summed E-state index contributed by atoms with van der Waals surface area (Å²) in [5.41, 5.74) is 7.66. The maximum atomic E-state index is 11.6. The van der Waals surface area contributed by atoms with Gasteiger partial charge in [0.05, 0.1) is 24.0 Å². The molecule has 0 aliphatic rings. The van der Waals surface area contributed by atoms with Crippen molar-refractivity contribution in [3.63, 3.8) is 0 Å². The Labute approximate surface area is 115 Å². The second-order valence-corrected chi connectivity index (χ2v) is 4.80. The van der Waals surface area contributed by atoms with Crippen LogP contribution in [0.1, 0.15) is 49.9 Å². The van der Waals surface area contributed by atoms with E-state index in [1.165, 1.54) is 26.4 Å². The number of hydrogen-bond donors (Lipinski definition) is 2. The molecule has 0 spiro atoms. The maximum Gasteiger partial charge on any atom is 0.340 e. The van der Waals surface area contributed by atoms with E-state index < -0.39 is 5.97 Å². The summed E-state index contributed by atoms with van der Waals surface area (Å²) in [6, 6.07) is 5.71. The van der Waals surface area contributed by atoms with E-state index in [0.29, 0.717) is 17.3 Å². The van der Waals surface area contributed by atoms with Crippen molar-refractivity contribution in [2.45, 2.75) is 45.6 Å². The van der Waals surface area contributed by atoms with Gasteiger partial charge in [0.15, 0.2) is 0 Å². The van der Waals surface area contributed by atoms with Gasteiger partial charge in [-0.2, -0.15) is 0 Å². The lowest BCUT2D eigenvalue weighted by Gasteiger charge is -2.17. The summed E-state index contributed by atoms with van der Waals surface area (Å²) >= 11 is 0. The normalized spacial score (nSPS) is 11.9. The summed E-state index contributed by atoms with van der Waals surface area (Å²) in [7, 11) is 1.36. The van der Waals surface area contributed by atoms with Crippen molar-refractivity contribution in [1.82, 2.24) is 0 Å². The Balaban J connectivity index is 2.70. The number of nitrogen functional groups attached to an aromatic ring is 1. The van der Waals surface area contributed by atoms with Crippen LogP contribution in [0.5, 0.6) is 0 Å². The molecule has 4 heteroatoms. The fourth-order valence-electron chi connectivity index (χ4n) is 2.02. The van der Waals surface area contributed by atoms with Crippen molar-refractivity contribution < 1.29 is 9.53 Å². The van der Waals surface area contributed by atoms with Crippen LogP contribution in [-0.4, -0.2) is 19.1 Å². The number of unbranched alkanes of at least 4 members (excludes halogenated alkanes) is 2. The number of rotatable bonds is 7. The highest BCUT2D eigenvalue weighted by Gasteiger charge is 2.13. The fourth-order valence-corrected chi connectivity index (χ4v) is 2.02. The summed E-state index contributed by atoms with van der Waals surface area (Å²) in [5, 5.41) is 3.36. The van der Waals surface area contributed by atoms with E-state index in [2.05, 4.69) is 19.2 Å². The van der Waals surface area contributed by atoms with Crippen molar-refractivity contribution in [3.05, 3.63) is 23.8 Å². The van der Waals surface area contributed by atoms with E-state index in [1.54, 1.807) is 6.07 Å². The third-order valence-corrected chi connectivity index (χ3v) is 3.15. The van der Waals surface area contributed by atoms with Crippen LogP contribution in [0.4, 0.5) is 11.4 Å². The smallest absolute Gasteiger partial charge is 0.340 e. The average Bonchev–Trinajstić information content (AvgIpc) is 2.40. The van der Waals surface area contributed by atoms with Gasteiger partial charge in [0.2, 0.25) is 0 Å². The van der Waals surface area contributed by atoms with Crippen LogP contribution in [0.3, 0.4) is 0 Å². The first-order chi connectivity index (χ1) is 9.10. The second-order valence-electron chi connectivity index (χ2n) is 4.80. The van der Waals surface area contributed by atoms with Gasteiger partial charge in [0.25, 0.3) is 0 Å². The summed E-state index contributed by atoms with van der Waals surface area (Å²) < 4.78 is 4.71. The molecule has 0 radical (unpaired) electrons. The molecule has 1 unspecified atom stereocenters. The topological polar surface area (TPSA) is 64.3 Å². The van der Waals surface area contributed by atoms with Gasteiger partial charge < -0.3 is 15.8 Å². The molecule has 0 saturated carbocycles. The van der Waals surface area contributed by atoms with E-state index in [1.807, 2.05) is 12.1 Å². The predicted octanol–water partition coefficient (Wildman–Crippen LogP) is 3.44. The van der Waals surface area contributed by atoms with Crippen molar-refractivity contribution in [2.24, 2.45) is 0 Å². The first-order valence-corrected chi connectivity index (χ1v) is 6.83. The zero-order chi connectivity index (χ0) is 14.3. The van der Waals surface area contributed by atoms with Crippen LogP contribution in [0.2, 0.25) is 0 Å². The molecule has 0 bridgehead atoms. The van der Waals surface area contributed by atoms with E-state index in [9.17, 15) is 4.79 Å². The number of anilines is 2. The molecule has 19 heavy (non-hydrogen) atoms. The van der Waals surface area contributed by atoms with Gasteiger partial charge in [0.1, 0.15) is 0 Å². The number of carbonyl (C=O) groups is 1. The monoisotopic (exact) mass is 264 g/mol. The zero-order valence-corrected chi connectivity index (χ0v) is 12.0. The van der Waals surface area contributed by atoms with Gasteiger partial charge in [-0.1, -0.05) is 32.3 Å². The summed E-state index contributed by atoms with van der Waals surface area (Å²) in [4.78, 5) is 11.6. The van der Waals surface area contributed by atoms with Crippen LogP contribution < -0.4 is 11.1 Å². The molecule has 0 fully saturated rings. The van der Waals surface area contributed by atoms with Gasteiger partial charge in [-0.3, -0.25) is 0 Å². The summed E-state index contributed by atoms with van der Waals surface area (Å²) in [6.07, 6.45) is 4.74. The number of para-hydroxylation sites is 1. The van der Waals surface area contributed by atoms with Gasteiger partial charge in [0, 0.05) is 6.04 Å². The van der Waals surface area contributed by atoms with Crippen LogP contribution in [0.15, 0.2) is 18.2 Å². The average molecular weight is 264 g/mol. The third-order valence-electron chi connectivity index (χ3n) is 3.15. The van der Waals surface area contributed by atoms with Gasteiger partial charge in [-0.25, -0.2) is 4.79 Å². The third kappa shape index (κ3) is 4.47. The standard InChI is InChI=1S/C15H24N2O2/c1-4-5-6-8-11(2)17-13-10-7-9-12(14(13)16)15(18)19-3/h7,9-11,17H,4-6,8,16H2,1-3H3. The minimum atomic E-state index is -0.403. The number of esters is 1. The number of carbonyl (C=O) groups excluding carboxylic acids is 1. The maximum absolute atomic E-state index is 11.6. The highest BCUT2D eigenvalue weighted by Crippen LogP contribution is 2.24. The van der Waals surface area contributed by atoms with E-state index in [4.69, 9.17) is 10.5 Å². The largest absolute Gasteiger partial charge is 0.465 e. The van der Waals surface area contributed by atoms with Crippen molar-refractivity contribution >= 4 is 17.3 Å². The number of benzene rings is 1. The quantitative estimate of drug-likeness (QED) is 0.450. The number of methoxy groups -OCH3 is 1. The number of nitrogens with one attached hydrogen (secondary N) is 1. The molecular weight excluding hydrogens is 240 g/mol. The molecule has 1 aromatic rings. The lowest BCUT2D eigenvalue weighted by Crippen LogP contribution is -2.17. The minimum Gasteiger partial charge on any atom is -0.465 e. The molecule has 0 heterocycles. The molecule has 4 nitrogen and oxygen atoms in total. The molecular formula is C15H24N2O2. The molecule has 0 amide bonds. The van der Waals surface area contributed by atoms with Crippen molar-refractivity contribution in [3.8, 4) is 0 Å². The Hall–Kier alpha value is -1.71. The molecule has 0 saturated heterocycles. The van der Waals surface area contributed by atoms with Gasteiger partial charge in [-0.05, 0) is 25.5 Å². The molecule has 0 aromatic heterocycles. The molecule has 0 aliphatic heterocycles. The van der Waals surface area contributed by atoms with Gasteiger partial charge >= 0.3 is 5.97 Å². The molecule has 1 rings (SSSR count). The van der Waals surface area contributed by atoms with Crippen molar-refractivity contribution in [2.75, 3.05) is 18.2 Å². The molecule has 1 aromatic carbocycles. The predicted molar refractivity (Wildman–Crippen MR) is 79.4 cm³/mol. The first-order valence-electron chi connectivity index (χ1n) is 6.83. The lowest BCUT2D eigenvalue weighted by atomic mass is 10.1. The second kappa shape index (κ2) is 7.67. The summed E-state index contributed by atoms with van der Waals surface area (Å²) in [6.45, 7) is 4.32. The minimum absolute atomic E-state index is 0.335. The molecule has 1 atom stereocenters. The fraction of sp³-hybridized carbons (Fsp3) is 0.533. The van der Waals surface area contributed by atoms with Crippen LogP contribution in [0.25, 0.3) is 0 Å². The lowest BCUT2D eigenvalue weighted by molar-refractivity contribution is 0.0602. The Morgan fingerprint density at radius 2 is 2.16 bits per heavy atom. The zero-order valence-electron chi connectivity index (χ0n) is 12.0. The summed E-state index contributed by atoms with van der Waals surface area (Å²) in [5.74, 6) is -0.403. The van der Waals surface area contributed by atoms with E-state index in [0.717, 1.165) is 12.1 Å². The SMILES string of the molecule is CCCCCC(C)Nc1cccc(C(=O)OC)c1N. The van der Waals surface area contributed by atoms with Crippen LogP contribution in [0, 0.1) is 0 Å². The molecule has 3 N–H and O–H groups in total. The van der Waals surface area contributed by atoms with Crippen LogP contribution in [-0.2, 0) is 4.74 Å². The highest BCUT2D eigenvalue weighted by molar-refractivity contribution is 5.98. The first kappa shape index (κ1) is 15.3. The van der Waals surface area contributed by atoms with Gasteiger partial charge in [-0.15, -0.1) is 0 Å². The number of hydrogen-bond acceptors (Lipinski definition) is 4. The Kier molecular flexibility index (Phi) is 6.19. The molecule has 106 valence electrons. The van der Waals surface area contributed by atoms with E-state index >= 15 is 0 Å². The highest BCUT2D eigenvalue weighted by atomic mass is 16.5. The molecule has 0 aliphatic carbocycles.